The van der Waals surface area contributed by atoms with Gasteiger partial charge in [0.15, 0.2) is 0 Å². The molecule has 2 aromatic rings. The molecule has 0 bridgehead atoms. The molecule has 0 unspecified atom stereocenters. The SMILES string of the molecule is O=C(Nc1ccc(Br)cn1)c1ccc(Br)s1.[Cl-]. The van der Waals surface area contributed by atoms with Crippen molar-refractivity contribution in [2.45, 2.75) is 0 Å². The molecule has 0 spiro atoms. The monoisotopic (exact) mass is 395 g/mol. The third-order valence-corrected chi connectivity index (χ3v) is 3.86. The highest BCUT2D eigenvalue weighted by molar-refractivity contribution is 9.11. The summed E-state index contributed by atoms with van der Waals surface area (Å²) in [6.07, 6.45) is 1.64. The van der Waals surface area contributed by atoms with Crippen molar-refractivity contribution in [1.82, 2.24) is 4.98 Å². The van der Waals surface area contributed by atoms with E-state index in [1.54, 1.807) is 18.3 Å². The number of nitrogens with zero attached hydrogens (tertiary/aromatic N) is 1. The molecule has 2 rings (SSSR count). The van der Waals surface area contributed by atoms with Gasteiger partial charge in [0.25, 0.3) is 5.91 Å². The van der Waals surface area contributed by atoms with Crippen LogP contribution < -0.4 is 17.7 Å². The molecule has 0 atom stereocenters. The largest absolute Gasteiger partial charge is 1.00 e. The molecule has 1 N–H and O–H groups in total. The summed E-state index contributed by atoms with van der Waals surface area (Å²) in [5.74, 6) is 0.392. The summed E-state index contributed by atoms with van der Waals surface area (Å²) in [6.45, 7) is 0. The Morgan fingerprint density at radius 1 is 1.24 bits per heavy atom. The topological polar surface area (TPSA) is 42.0 Å². The van der Waals surface area contributed by atoms with Crippen LogP contribution >= 0.6 is 43.2 Å². The van der Waals surface area contributed by atoms with Gasteiger partial charge in [0.2, 0.25) is 0 Å². The Balaban J connectivity index is 0.00000144. The molecule has 2 aromatic heterocycles. The first kappa shape index (κ1) is 14.6. The summed E-state index contributed by atoms with van der Waals surface area (Å²) in [5, 5.41) is 2.72. The Kier molecular flexibility index (Phi) is 5.58. The van der Waals surface area contributed by atoms with Crippen molar-refractivity contribution in [2.75, 3.05) is 5.32 Å². The molecule has 3 nitrogen and oxygen atoms in total. The zero-order valence-electron chi connectivity index (χ0n) is 8.28. The van der Waals surface area contributed by atoms with Gasteiger partial charge in [-0.25, -0.2) is 4.98 Å². The minimum atomic E-state index is -0.148. The second-order valence-corrected chi connectivity index (χ2v) is 6.30. The predicted octanol–water partition coefficient (Wildman–Crippen LogP) is 0.924. The van der Waals surface area contributed by atoms with Crippen LogP contribution in [0.5, 0.6) is 0 Å². The Morgan fingerprint density at radius 2 is 2.00 bits per heavy atom. The van der Waals surface area contributed by atoms with Gasteiger partial charge in [0.05, 0.1) is 8.66 Å². The van der Waals surface area contributed by atoms with E-state index in [1.807, 2.05) is 12.1 Å². The molecule has 0 fully saturated rings. The summed E-state index contributed by atoms with van der Waals surface area (Å²) in [4.78, 5) is 16.5. The van der Waals surface area contributed by atoms with E-state index < -0.39 is 0 Å². The Labute approximate surface area is 125 Å². The fourth-order valence-corrected chi connectivity index (χ4v) is 2.58. The standard InChI is InChI=1S/C10H6Br2N2OS.ClH/c11-6-1-4-9(13-5-6)14-10(15)7-2-3-8(12)16-7;/h1-5H,(H,13,14,15);1H/p-1. The minimum absolute atomic E-state index is 0. The average Bonchev–Trinajstić information content (AvgIpc) is 2.68. The maximum Gasteiger partial charge on any atom is 0.266 e. The lowest BCUT2D eigenvalue weighted by atomic mass is 10.4. The Bertz CT molecular complexity index is 515. The summed E-state index contributed by atoms with van der Waals surface area (Å²) in [6, 6.07) is 7.18. The molecule has 0 aliphatic heterocycles. The average molecular weight is 397 g/mol. The maximum atomic E-state index is 11.7. The van der Waals surface area contributed by atoms with E-state index in [1.165, 1.54) is 11.3 Å². The van der Waals surface area contributed by atoms with Gasteiger partial charge in [0.1, 0.15) is 5.82 Å². The lowest BCUT2D eigenvalue weighted by molar-refractivity contribution is -0.0000107. The van der Waals surface area contributed by atoms with Gasteiger partial charge in [-0.1, -0.05) is 0 Å². The third kappa shape index (κ3) is 4.06. The van der Waals surface area contributed by atoms with Crippen molar-refractivity contribution in [3.05, 3.63) is 43.6 Å². The molecule has 0 aromatic carbocycles. The van der Waals surface area contributed by atoms with Gasteiger partial charge in [-0.15, -0.1) is 11.3 Å². The molecule has 2 heterocycles. The summed E-state index contributed by atoms with van der Waals surface area (Å²) in [7, 11) is 0. The first-order chi connectivity index (χ1) is 7.65. The number of halogens is 3. The van der Waals surface area contributed by atoms with Gasteiger partial charge in [0, 0.05) is 10.7 Å². The summed E-state index contributed by atoms with van der Waals surface area (Å²) >= 11 is 7.98. The van der Waals surface area contributed by atoms with Crippen molar-refractivity contribution in [2.24, 2.45) is 0 Å². The smallest absolute Gasteiger partial charge is 0.266 e. The molecular formula is C10H6Br2ClN2OS-. The van der Waals surface area contributed by atoms with E-state index in [2.05, 4.69) is 42.2 Å². The number of pyridine rings is 1. The van der Waals surface area contributed by atoms with Crippen molar-refractivity contribution >= 4 is 54.9 Å². The zero-order valence-corrected chi connectivity index (χ0v) is 13.0. The highest BCUT2D eigenvalue weighted by Crippen LogP contribution is 2.22. The number of thiophene rings is 1. The molecule has 0 saturated heterocycles. The van der Waals surface area contributed by atoms with Crippen LogP contribution in [0.1, 0.15) is 9.67 Å². The lowest BCUT2D eigenvalue weighted by Crippen LogP contribution is -3.00. The number of carbonyl (C=O) groups excluding carboxylic acids is 1. The van der Waals surface area contributed by atoms with E-state index in [0.717, 1.165) is 8.26 Å². The fraction of sp³-hybridized carbons (Fsp3) is 0. The highest BCUT2D eigenvalue weighted by atomic mass is 79.9. The van der Waals surface area contributed by atoms with E-state index in [-0.39, 0.29) is 18.3 Å². The van der Waals surface area contributed by atoms with Crippen LogP contribution in [0.3, 0.4) is 0 Å². The molecule has 17 heavy (non-hydrogen) atoms. The number of anilines is 1. The molecule has 7 heteroatoms. The van der Waals surface area contributed by atoms with Crippen molar-refractivity contribution in [3.63, 3.8) is 0 Å². The number of nitrogens with one attached hydrogen (secondary N) is 1. The second kappa shape index (κ2) is 6.49. The molecular weight excluding hydrogens is 391 g/mol. The van der Waals surface area contributed by atoms with E-state index in [4.69, 9.17) is 0 Å². The van der Waals surface area contributed by atoms with Crippen LogP contribution in [0, 0.1) is 0 Å². The maximum absolute atomic E-state index is 11.7. The predicted molar refractivity (Wildman–Crippen MR) is 71.9 cm³/mol. The van der Waals surface area contributed by atoms with Gasteiger partial charge in [-0.05, 0) is 56.1 Å². The van der Waals surface area contributed by atoms with E-state index in [9.17, 15) is 4.79 Å². The number of aromatic nitrogens is 1. The number of carbonyl (C=O) groups is 1. The number of rotatable bonds is 2. The van der Waals surface area contributed by atoms with Crippen molar-refractivity contribution < 1.29 is 17.2 Å². The molecule has 0 aliphatic carbocycles. The molecule has 1 amide bonds. The van der Waals surface area contributed by atoms with Crippen LogP contribution in [-0.4, -0.2) is 10.9 Å². The molecule has 0 aliphatic rings. The van der Waals surface area contributed by atoms with Crippen LogP contribution in [0.4, 0.5) is 5.82 Å². The van der Waals surface area contributed by atoms with E-state index in [0.29, 0.717) is 10.7 Å². The summed E-state index contributed by atoms with van der Waals surface area (Å²) in [5.41, 5.74) is 0. The number of hydrogen-bond donors (Lipinski definition) is 1. The van der Waals surface area contributed by atoms with Crippen molar-refractivity contribution in [3.8, 4) is 0 Å². The highest BCUT2D eigenvalue weighted by Gasteiger charge is 2.08. The number of amides is 1. The first-order valence-corrected chi connectivity index (χ1v) is 6.73. The molecule has 0 radical (unpaired) electrons. The first-order valence-electron chi connectivity index (χ1n) is 4.33. The minimum Gasteiger partial charge on any atom is -1.00 e. The Morgan fingerprint density at radius 3 is 2.53 bits per heavy atom. The summed E-state index contributed by atoms with van der Waals surface area (Å²) < 4.78 is 1.81. The normalized spacial score (nSPS) is 9.53. The van der Waals surface area contributed by atoms with Crippen LogP contribution in [0.25, 0.3) is 0 Å². The molecule has 90 valence electrons. The van der Waals surface area contributed by atoms with Gasteiger partial charge in [-0.3, -0.25) is 4.79 Å². The van der Waals surface area contributed by atoms with Gasteiger partial charge < -0.3 is 17.7 Å². The Hall–Kier alpha value is -0.430. The van der Waals surface area contributed by atoms with E-state index >= 15 is 0 Å². The number of hydrogen-bond acceptors (Lipinski definition) is 3. The fourth-order valence-electron chi connectivity index (χ4n) is 1.06. The zero-order chi connectivity index (χ0) is 11.5. The van der Waals surface area contributed by atoms with Crippen LogP contribution in [-0.2, 0) is 0 Å². The third-order valence-electron chi connectivity index (χ3n) is 1.77. The van der Waals surface area contributed by atoms with Crippen LogP contribution in [0.15, 0.2) is 38.7 Å². The quantitative estimate of drug-likeness (QED) is 0.819. The lowest BCUT2D eigenvalue weighted by Gasteiger charge is -2.01. The van der Waals surface area contributed by atoms with Gasteiger partial charge in [-0.2, -0.15) is 0 Å². The van der Waals surface area contributed by atoms with Gasteiger partial charge >= 0.3 is 0 Å². The van der Waals surface area contributed by atoms with Crippen molar-refractivity contribution in [1.29, 1.82) is 0 Å². The second-order valence-electron chi connectivity index (χ2n) is 2.92. The van der Waals surface area contributed by atoms with Crippen LogP contribution in [0.2, 0.25) is 0 Å². The molecule has 0 saturated carbocycles.